The molecule has 0 fully saturated rings. The maximum absolute atomic E-state index is 10.8. The Morgan fingerprint density at radius 3 is 1.71 bits per heavy atom. The fourth-order valence-electron chi connectivity index (χ4n) is 3.41. The number of rotatable bonds is 18. The largest absolute Gasteiger partial charge is 0.434 e. The lowest BCUT2D eigenvalue weighted by molar-refractivity contribution is -0.397. The van der Waals surface area contributed by atoms with Crippen LogP contribution in [0.25, 0.3) is 0 Å². The Labute approximate surface area is 196 Å². The molecule has 0 bridgehead atoms. The highest BCUT2D eigenvalue weighted by Gasteiger charge is 2.18. The van der Waals surface area contributed by atoms with Gasteiger partial charge in [-0.15, -0.1) is 0 Å². The second-order valence-corrected chi connectivity index (χ2v) is 8.00. The van der Waals surface area contributed by atoms with Gasteiger partial charge in [-0.1, -0.05) is 9.97 Å². The van der Waals surface area contributed by atoms with Gasteiger partial charge in [-0.2, -0.15) is 0 Å². The van der Waals surface area contributed by atoms with Crippen molar-refractivity contribution in [3.05, 3.63) is 45.0 Å². The van der Waals surface area contributed by atoms with E-state index in [2.05, 4.69) is 25.5 Å². The molecule has 0 amide bonds. The molecule has 2 rings (SSSR count). The van der Waals surface area contributed by atoms with E-state index in [1.807, 2.05) is 7.05 Å². The number of imidazole rings is 2. The maximum Gasteiger partial charge on any atom is 0.434 e. The smallest absolute Gasteiger partial charge is 0.390 e. The first-order chi connectivity index (χ1) is 16.3. The summed E-state index contributed by atoms with van der Waals surface area (Å²) in [6.45, 7) is 4.00. The van der Waals surface area contributed by atoms with Crippen molar-refractivity contribution in [3.8, 4) is 0 Å². The van der Waals surface area contributed by atoms with Crippen molar-refractivity contribution >= 4 is 11.9 Å². The molecule has 2 atom stereocenters. The van der Waals surface area contributed by atoms with Gasteiger partial charge >= 0.3 is 11.9 Å². The van der Waals surface area contributed by atoms with Crippen molar-refractivity contribution in [3.63, 3.8) is 0 Å². The van der Waals surface area contributed by atoms with E-state index in [0.717, 1.165) is 25.9 Å². The van der Waals surface area contributed by atoms with Crippen LogP contribution in [0.4, 0.5) is 11.9 Å². The molecule has 2 aromatic heterocycles. The summed E-state index contributed by atoms with van der Waals surface area (Å²) in [7, 11) is 2.01. The van der Waals surface area contributed by atoms with Crippen LogP contribution in [0.1, 0.15) is 12.8 Å². The van der Waals surface area contributed by atoms with Crippen LogP contribution in [0.2, 0.25) is 0 Å². The second kappa shape index (κ2) is 14.3. The zero-order valence-electron chi connectivity index (χ0n) is 19.2. The molecular formula is C19H33N9O6. The molecule has 0 aliphatic rings. The third-order valence-electron chi connectivity index (χ3n) is 5.08. The van der Waals surface area contributed by atoms with Gasteiger partial charge < -0.3 is 46.0 Å². The predicted molar refractivity (Wildman–Crippen MR) is 122 cm³/mol. The Morgan fingerprint density at radius 1 is 0.912 bits per heavy atom. The number of nitrogens with one attached hydrogen (secondary N) is 2. The third kappa shape index (κ3) is 9.48. The molecule has 2 heterocycles. The van der Waals surface area contributed by atoms with E-state index in [9.17, 15) is 30.4 Å². The zero-order chi connectivity index (χ0) is 24.9. The first kappa shape index (κ1) is 27.3. The number of aliphatic hydroxyl groups is 2. The van der Waals surface area contributed by atoms with Gasteiger partial charge in [0.05, 0.1) is 25.3 Å². The number of nitrogens with zero attached hydrogens (tertiary/aromatic N) is 7. The normalized spacial score (nSPS) is 13.3. The molecule has 0 saturated heterocycles. The van der Waals surface area contributed by atoms with Crippen LogP contribution >= 0.6 is 0 Å². The van der Waals surface area contributed by atoms with Gasteiger partial charge in [-0.25, -0.2) is 9.13 Å². The number of nitro groups is 2. The third-order valence-corrected chi connectivity index (χ3v) is 5.08. The minimum absolute atomic E-state index is 0.101. The SMILES string of the molecule is CN(CCCNCC(O)Cn1ccnc1[N+](=O)[O-])CCCNCC(O)Cn1ccnc1[N+](=O)[O-]. The van der Waals surface area contributed by atoms with Crippen molar-refractivity contribution in [1.29, 1.82) is 0 Å². The number of hydrogen-bond donors (Lipinski definition) is 4. The quantitative estimate of drug-likeness (QED) is 0.118. The Kier molecular flexibility index (Phi) is 11.5. The van der Waals surface area contributed by atoms with Crippen molar-refractivity contribution in [2.24, 2.45) is 0 Å². The number of hydrogen-bond acceptors (Lipinski definition) is 11. The lowest BCUT2D eigenvalue weighted by atomic mass is 10.3. The molecule has 0 aliphatic heterocycles. The molecule has 2 aromatic rings. The van der Waals surface area contributed by atoms with Gasteiger partial charge in [0, 0.05) is 13.1 Å². The van der Waals surface area contributed by atoms with Crippen LogP contribution in [0.3, 0.4) is 0 Å². The molecule has 0 aromatic carbocycles. The highest BCUT2D eigenvalue weighted by molar-refractivity contribution is 5.07. The first-order valence-electron chi connectivity index (χ1n) is 11.0. The summed E-state index contributed by atoms with van der Waals surface area (Å²) < 4.78 is 2.63. The predicted octanol–water partition coefficient (Wildman–Crippen LogP) is -0.791. The van der Waals surface area contributed by atoms with E-state index in [1.54, 1.807) is 0 Å². The van der Waals surface area contributed by atoms with Gasteiger partial charge in [0.25, 0.3) is 0 Å². The monoisotopic (exact) mass is 483 g/mol. The average Bonchev–Trinajstić information content (AvgIpc) is 3.42. The number of aliphatic hydroxyl groups excluding tert-OH is 2. The van der Waals surface area contributed by atoms with Crippen LogP contribution in [0, 0.1) is 20.2 Å². The lowest BCUT2D eigenvalue weighted by Crippen LogP contribution is -2.33. The first-order valence-corrected chi connectivity index (χ1v) is 11.0. The summed E-state index contributed by atoms with van der Waals surface area (Å²) in [5, 5.41) is 48.1. The number of aromatic nitrogens is 4. The molecule has 0 radical (unpaired) electrons. The summed E-state index contributed by atoms with van der Waals surface area (Å²) in [4.78, 5) is 30.0. The van der Waals surface area contributed by atoms with Crippen LogP contribution < -0.4 is 10.6 Å². The summed E-state index contributed by atoms with van der Waals surface area (Å²) in [6.07, 6.45) is 5.85. The summed E-state index contributed by atoms with van der Waals surface area (Å²) >= 11 is 0. The topological polar surface area (TPSA) is 190 Å². The molecule has 0 aliphatic carbocycles. The average molecular weight is 484 g/mol. The molecule has 0 saturated carbocycles. The van der Waals surface area contributed by atoms with Crippen molar-refractivity contribution in [2.75, 3.05) is 46.3 Å². The summed E-state index contributed by atoms with van der Waals surface area (Å²) in [5.41, 5.74) is 0. The fourth-order valence-corrected chi connectivity index (χ4v) is 3.41. The Bertz CT molecular complexity index is 819. The molecule has 34 heavy (non-hydrogen) atoms. The Morgan fingerprint density at radius 2 is 1.32 bits per heavy atom. The van der Waals surface area contributed by atoms with Gasteiger partial charge in [0.2, 0.25) is 0 Å². The summed E-state index contributed by atoms with van der Waals surface area (Å²) in [6, 6.07) is 0. The lowest BCUT2D eigenvalue weighted by Gasteiger charge is -2.18. The van der Waals surface area contributed by atoms with E-state index in [-0.39, 0.29) is 25.0 Å². The van der Waals surface area contributed by atoms with E-state index in [1.165, 1.54) is 33.9 Å². The molecule has 15 heteroatoms. The van der Waals surface area contributed by atoms with Crippen LogP contribution in [-0.2, 0) is 13.1 Å². The fraction of sp³-hybridized carbons (Fsp3) is 0.684. The summed E-state index contributed by atoms with van der Waals surface area (Å²) in [5.74, 6) is -0.571. The molecule has 4 N–H and O–H groups in total. The minimum Gasteiger partial charge on any atom is -0.390 e. The van der Waals surface area contributed by atoms with E-state index < -0.39 is 22.1 Å². The van der Waals surface area contributed by atoms with E-state index in [0.29, 0.717) is 26.2 Å². The van der Waals surface area contributed by atoms with Crippen molar-refractivity contribution in [2.45, 2.75) is 38.1 Å². The standard InChI is InChI=1S/C19H33N9O6/c1-24(8-2-4-20-12-16(29)14-25-10-6-22-18(25)27(31)32)9-3-5-21-13-17(30)15-26-11-7-23-19(26)28(33)34/h6-7,10-11,16-17,20-21,29-30H,2-5,8-9,12-15H2,1H3. The highest BCUT2D eigenvalue weighted by Crippen LogP contribution is 2.09. The zero-order valence-corrected chi connectivity index (χ0v) is 19.2. The molecule has 2 unspecified atom stereocenters. The molecule has 0 spiro atoms. The van der Waals surface area contributed by atoms with Crippen LogP contribution in [0.15, 0.2) is 24.8 Å². The van der Waals surface area contributed by atoms with Crippen molar-refractivity contribution in [1.82, 2.24) is 34.6 Å². The Hall–Kier alpha value is -2.98. The van der Waals surface area contributed by atoms with Crippen LogP contribution in [0.5, 0.6) is 0 Å². The van der Waals surface area contributed by atoms with Gasteiger partial charge in [0.15, 0.2) is 0 Å². The van der Waals surface area contributed by atoms with Crippen molar-refractivity contribution < 1.29 is 20.1 Å². The van der Waals surface area contributed by atoms with E-state index in [4.69, 9.17) is 0 Å². The van der Waals surface area contributed by atoms with Crippen LogP contribution in [-0.4, -0.2) is 103 Å². The molecule has 190 valence electrons. The van der Waals surface area contributed by atoms with E-state index >= 15 is 0 Å². The highest BCUT2D eigenvalue weighted by atomic mass is 16.6. The van der Waals surface area contributed by atoms with Gasteiger partial charge in [0.1, 0.15) is 24.8 Å². The Balaban J connectivity index is 1.47. The van der Waals surface area contributed by atoms with Gasteiger partial charge in [-0.3, -0.25) is 0 Å². The maximum atomic E-state index is 10.8. The molecular weight excluding hydrogens is 450 g/mol. The second-order valence-electron chi connectivity index (χ2n) is 8.00. The minimum atomic E-state index is -0.757. The van der Waals surface area contributed by atoms with Gasteiger partial charge in [-0.05, 0) is 55.9 Å². The molecule has 15 nitrogen and oxygen atoms in total.